The lowest BCUT2D eigenvalue weighted by atomic mass is 10.0. The van der Waals surface area contributed by atoms with Crippen molar-refractivity contribution < 1.29 is 4.39 Å². The van der Waals surface area contributed by atoms with Gasteiger partial charge in [-0.05, 0) is 51.4 Å². The average Bonchev–Trinajstić information content (AvgIpc) is 2.91. The Balaban J connectivity index is 2.03. The van der Waals surface area contributed by atoms with Crippen molar-refractivity contribution >= 4 is 5.69 Å². The summed E-state index contributed by atoms with van der Waals surface area (Å²) in [5.41, 5.74) is 7.56. The van der Waals surface area contributed by atoms with Gasteiger partial charge >= 0.3 is 0 Å². The first kappa shape index (κ1) is 15.3. The number of benzene rings is 1. The first-order chi connectivity index (χ1) is 9.58. The quantitative estimate of drug-likeness (QED) is 0.867. The molecular formula is C16H26FN3. The van der Waals surface area contributed by atoms with Crippen LogP contribution >= 0.6 is 0 Å². The molecule has 112 valence electrons. The largest absolute Gasteiger partial charge is 0.373 e. The van der Waals surface area contributed by atoms with Crippen molar-refractivity contribution in [1.82, 2.24) is 4.90 Å². The molecule has 20 heavy (non-hydrogen) atoms. The lowest BCUT2D eigenvalue weighted by Gasteiger charge is -2.26. The molecule has 2 rings (SSSR count). The summed E-state index contributed by atoms with van der Waals surface area (Å²) in [6, 6.07) is 5.26. The van der Waals surface area contributed by atoms with Crippen LogP contribution in [-0.4, -0.2) is 44.2 Å². The minimum absolute atomic E-state index is 0.0300. The number of rotatable bonds is 6. The van der Waals surface area contributed by atoms with E-state index in [4.69, 9.17) is 5.73 Å². The monoisotopic (exact) mass is 279 g/mol. The normalized spacial score (nSPS) is 17.4. The van der Waals surface area contributed by atoms with Crippen LogP contribution in [0.25, 0.3) is 0 Å². The van der Waals surface area contributed by atoms with E-state index in [0.717, 1.165) is 24.3 Å². The first-order valence-corrected chi connectivity index (χ1v) is 7.54. The van der Waals surface area contributed by atoms with Crippen molar-refractivity contribution in [2.75, 3.05) is 38.1 Å². The summed E-state index contributed by atoms with van der Waals surface area (Å²) in [5, 5.41) is 0. The molecule has 1 unspecified atom stereocenters. The second kappa shape index (κ2) is 7.04. The Morgan fingerprint density at radius 3 is 2.70 bits per heavy atom. The highest BCUT2D eigenvalue weighted by molar-refractivity contribution is 5.54. The number of nitrogens with two attached hydrogens (primary N) is 1. The molecule has 0 amide bonds. The average molecular weight is 279 g/mol. The van der Waals surface area contributed by atoms with E-state index < -0.39 is 0 Å². The summed E-state index contributed by atoms with van der Waals surface area (Å²) in [4.78, 5) is 4.63. The van der Waals surface area contributed by atoms with Gasteiger partial charge in [-0.25, -0.2) is 4.39 Å². The van der Waals surface area contributed by atoms with Crippen molar-refractivity contribution in [3.63, 3.8) is 0 Å². The van der Waals surface area contributed by atoms with E-state index in [1.807, 2.05) is 20.0 Å². The van der Waals surface area contributed by atoms with E-state index in [2.05, 4.69) is 9.80 Å². The summed E-state index contributed by atoms with van der Waals surface area (Å²) >= 11 is 0. The van der Waals surface area contributed by atoms with E-state index in [9.17, 15) is 4.39 Å². The maximum atomic E-state index is 14.0. The fourth-order valence-corrected chi connectivity index (χ4v) is 2.85. The molecule has 0 bridgehead atoms. The Bertz CT molecular complexity index is 428. The Morgan fingerprint density at radius 1 is 1.35 bits per heavy atom. The molecule has 4 heteroatoms. The van der Waals surface area contributed by atoms with E-state index in [1.54, 1.807) is 6.07 Å². The van der Waals surface area contributed by atoms with E-state index in [-0.39, 0.29) is 11.9 Å². The number of hydrogen-bond acceptors (Lipinski definition) is 3. The van der Waals surface area contributed by atoms with Crippen LogP contribution < -0.4 is 10.6 Å². The molecule has 2 N–H and O–H groups in total. The summed E-state index contributed by atoms with van der Waals surface area (Å²) in [6.07, 6.45) is 3.19. The minimum atomic E-state index is -0.146. The van der Waals surface area contributed by atoms with Crippen LogP contribution in [-0.2, 0) is 6.42 Å². The molecule has 0 spiro atoms. The first-order valence-electron chi connectivity index (χ1n) is 7.54. The summed E-state index contributed by atoms with van der Waals surface area (Å²) in [7, 11) is 2.04. The third kappa shape index (κ3) is 3.93. The van der Waals surface area contributed by atoms with Gasteiger partial charge in [-0.3, -0.25) is 0 Å². The lowest BCUT2D eigenvalue weighted by molar-refractivity contribution is 0.346. The third-order valence-electron chi connectivity index (χ3n) is 3.98. The molecule has 0 radical (unpaired) electrons. The van der Waals surface area contributed by atoms with Gasteiger partial charge in [0.25, 0.3) is 0 Å². The summed E-state index contributed by atoms with van der Waals surface area (Å²) in [6.45, 7) is 6.29. The molecule has 0 aromatic heterocycles. The van der Waals surface area contributed by atoms with Crippen molar-refractivity contribution in [2.45, 2.75) is 32.2 Å². The van der Waals surface area contributed by atoms with Gasteiger partial charge < -0.3 is 15.5 Å². The van der Waals surface area contributed by atoms with Gasteiger partial charge in [-0.15, -0.1) is 0 Å². The van der Waals surface area contributed by atoms with E-state index in [0.29, 0.717) is 6.42 Å². The zero-order valence-corrected chi connectivity index (χ0v) is 12.6. The number of nitrogens with zero attached hydrogens (tertiary/aromatic N) is 2. The molecule has 1 fully saturated rings. The SMILES string of the molecule is CC(N)Cc1c(F)cccc1N(C)CCN1CCCC1. The van der Waals surface area contributed by atoms with Crippen LogP contribution in [0, 0.1) is 5.82 Å². The van der Waals surface area contributed by atoms with Crippen LogP contribution in [0.2, 0.25) is 0 Å². The van der Waals surface area contributed by atoms with Crippen LogP contribution in [0.4, 0.5) is 10.1 Å². The highest BCUT2D eigenvalue weighted by atomic mass is 19.1. The highest BCUT2D eigenvalue weighted by Crippen LogP contribution is 2.23. The zero-order chi connectivity index (χ0) is 14.5. The number of halogens is 1. The Morgan fingerprint density at radius 2 is 2.05 bits per heavy atom. The lowest BCUT2D eigenvalue weighted by Crippen LogP contribution is -2.32. The molecular weight excluding hydrogens is 253 g/mol. The van der Waals surface area contributed by atoms with E-state index >= 15 is 0 Å². The van der Waals surface area contributed by atoms with Crippen LogP contribution in [0.3, 0.4) is 0 Å². The maximum Gasteiger partial charge on any atom is 0.128 e. The molecule has 3 nitrogen and oxygen atoms in total. The smallest absolute Gasteiger partial charge is 0.128 e. The zero-order valence-electron chi connectivity index (χ0n) is 12.6. The van der Waals surface area contributed by atoms with Gasteiger partial charge in [0.15, 0.2) is 0 Å². The summed E-state index contributed by atoms with van der Waals surface area (Å²) < 4.78 is 14.0. The predicted octanol–water partition coefficient (Wildman–Crippen LogP) is 2.25. The Labute approximate surface area is 121 Å². The molecule has 1 aromatic rings. The fraction of sp³-hybridized carbons (Fsp3) is 0.625. The van der Waals surface area contributed by atoms with Gasteiger partial charge in [0.2, 0.25) is 0 Å². The summed E-state index contributed by atoms with van der Waals surface area (Å²) in [5.74, 6) is -0.146. The highest BCUT2D eigenvalue weighted by Gasteiger charge is 2.16. The fourth-order valence-electron chi connectivity index (χ4n) is 2.85. The van der Waals surface area contributed by atoms with Crippen molar-refractivity contribution in [1.29, 1.82) is 0 Å². The van der Waals surface area contributed by atoms with Gasteiger partial charge in [0, 0.05) is 37.4 Å². The van der Waals surface area contributed by atoms with E-state index in [1.165, 1.54) is 32.0 Å². The van der Waals surface area contributed by atoms with Gasteiger partial charge in [-0.2, -0.15) is 0 Å². The Hall–Kier alpha value is -1.13. The number of likely N-dealkylation sites (N-methyl/N-ethyl adjacent to an activating group) is 1. The van der Waals surface area contributed by atoms with Crippen LogP contribution in [0.1, 0.15) is 25.3 Å². The van der Waals surface area contributed by atoms with Gasteiger partial charge in [0.05, 0.1) is 0 Å². The maximum absolute atomic E-state index is 14.0. The molecule has 1 saturated heterocycles. The molecule has 1 aliphatic heterocycles. The molecule has 0 saturated carbocycles. The molecule has 1 atom stereocenters. The topological polar surface area (TPSA) is 32.5 Å². The van der Waals surface area contributed by atoms with Crippen LogP contribution in [0.5, 0.6) is 0 Å². The number of anilines is 1. The number of likely N-dealkylation sites (tertiary alicyclic amines) is 1. The second-order valence-electron chi connectivity index (χ2n) is 5.89. The third-order valence-corrected chi connectivity index (χ3v) is 3.98. The minimum Gasteiger partial charge on any atom is -0.373 e. The second-order valence-corrected chi connectivity index (χ2v) is 5.89. The van der Waals surface area contributed by atoms with Crippen molar-refractivity contribution in [3.05, 3.63) is 29.6 Å². The standard InChI is InChI=1S/C16H26FN3/c1-13(18)12-14-15(17)6-5-7-16(14)19(2)10-11-20-8-3-4-9-20/h5-7,13H,3-4,8-12,18H2,1-2H3. The molecule has 1 aliphatic rings. The van der Waals surface area contributed by atoms with Gasteiger partial charge in [-0.1, -0.05) is 6.07 Å². The van der Waals surface area contributed by atoms with Crippen molar-refractivity contribution in [3.8, 4) is 0 Å². The molecule has 1 aromatic carbocycles. The van der Waals surface area contributed by atoms with Crippen molar-refractivity contribution in [2.24, 2.45) is 5.73 Å². The molecule has 0 aliphatic carbocycles. The van der Waals surface area contributed by atoms with Crippen LogP contribution in [0.15, 0.2) is 18.2 Å². The molecule has 1 heterocycles. The predicted molar refractivity (Wildman–Crippen MR) is 82.7 cm³/mol. The number of hydrogen-bond donors (Lipinski definition) is 1. The van der Waals surface area contributed by atoms with Gasteiger partial charge in [0.1, 0.15) is 5.82 Å². The Kier molecular flexibility index (Phi) is 5.38.